The maximum absolute atomic E-state index is 12.0. The van der Waals surface area contributed by atoms with Crippen molar-refractivity contribution in [1.29, 1.82) is 0 Å². The first-order valence-electron chi connectivity index (χ1n) is 8.02. The molecule has 1 atom stereocenters. The molecule has 2 rings (SSSR count). The molecular weight excluding hydrogens is 262 g/mol. The fourth-order valence-electron chi connectivity index (χ4n) is 2.93. The smallest absolute Gasteiger partial charge is 0.224 e. The summed E-state index contributed by atoms with van der Waals surface area (Å²) in [6.45, 7) is 4.99. The summed E-state index contributed by atoms with van der Waals surface area (Å²) in [6.07, 6.45) is 5.43. The van der Waals surface area contributed by atoms with Gasteiger partial charge in [0.25, 0.3) is 0 Å². The lowest BCUT2D eigenvalue weighted by molar-refractivity contribution is -0.116. The Morgan fingerprint density at radius 1 is 1.43 bits per heavy atom. The van der Waals surface area contributed by atoms with Crippen LogP contribution < -0.4 is 11.1 Å². The van der Waals surface area contributed by atoms with E-state index in [2.05, 4.69) is 17.1 Å². The lowest BCUT2D eigenvalue weighted by Gasteiger charge is -2.33. The van der Waals surface area contributed by atoms with Gasteiger partial charge in [0.2, 0.25) is 5.91 Å². The molecule has 116 valence electrons. The summed E-state index contributed by atoms with van der Waals surface area (Å²) in [6, 6.07) is 8.40. The lowest BCUT2D eigenvalue weighted by Crippen LogP contribution is -2.38. The standard InChI is InChI=1S/C17H27N3O/c1-14-6-2-3-10-20(14)11-5-9-17(21)19-16-8-4-7-15(12-16)13-18/h4,7-8,12,14H,2-3,5-6,9-11,13,18H2,1H3,(H,19,21). The fraction of sp³-hybridized carbons (Fsp3) is 0.588. The largest absolute Gasteiger partial charge is 0.326 e. The highest BCUT2D eigenvalue weighted by Crippen LogP contribution is 2.17. The minimum absolute atomic E-state index is 0.0915. The van der Waals surface area contributed by atoms with Gasteiger partial charge in [-0.1, -0.05) is 18.6 Å². The van der Waals surface area contributed by atoms with Crippen LogP contribution in [0.4, 0.5) is 5.69 Å². The first-order chi connectivity index (χ1) is 10.2. The maximum Gasteiger partial charge on any atom is 0.224 e. The molecule has 0 aromatic heterocycles. The summed E-state index contributed by atoms with van der Waals surface area (Å²) in [4.78, 5) is 14.5. The zero-order chi connectivity index (χ0) is 15.1. The minimum Gasteiger partial charge on any atom is -0.326 e. The van der Waals surface area contributed by atoms with E-state index in [4.69, 9.17) is 5.73 Å². The van der Waals surface area contributed by atoms with Crippen molar-refractivity contribution in [3.8, 4) is 0 Å². The van der Waals surface area contributed by atoms with Gasteiger partial charge in [0.1, 0.15) is 0 Å². The van der Waals surface area contributed by atoms with E-state index < -0.39 is 0 Å². The highest BCUT2D eigenvalue weighted by atomic mass is 16.1. The quantitative estimate of drug-likeness (QED) is 0.846. The van der Waals surface area contributed by atoms with E-state index in [0.29, 0.717) is 19.0 Å². The van der Waals surface area contributed by atoms with Gasteiger partial charge < -0.3 is 16.0 Å². The van der Waals surface area contributed by atoms with Crippen LogP contribution in [-0.2, 0) is 11.3 Å². The van der Waals surface area contributed by atoms with Crippen LogP contribution in [-0.4, -0.2) is 29.9 Å². The Bertz CT molecular complexity index is 461. The van der Waals surface area contributed by atoms with Gasteiger partial charge in [-0.25, -0.2) is 0 Å². The molecule has 1 amide bonds. The minimum atomic E-state index is 0.0915. The molecule has 1 saturated heterocycles. The first-order valence-corrected chi connectivity index (χ1v) is 8.02. The zero-order valence-electron chi connectivity index (χ0n) is 13.0. The molecule has 0 spiro atoms. The second-order valence-corrected chi connectivity index (χ2v) is 5.94. The number of carbonyl (C=O) groups is 1. The van der Waals surface area contributed by atoms with Crippen molar-refractivity contribution >= 4 is 11.6 Å². The molecule has 4 heteroatoms. The molecule has 1 fully saturated rings. The number of benzene rings is 1. The van der Waals surface area contributed by atoms with Crippen LogP contribution in [0.2, 0.25) is 0 Å². The molecule has 1 aromatic rings. The van der Waals surface area contributed by atoms with Gasteiger partial charge in [-0.2, -0.15) is 0 Å². The molecule has 0 aliphatic carbocycles. The van der Waals surface area contributed by atoms with Crippen LogP contribution in [0.3, 0.4) is 0 Å². The number of amides is 1. The molecule has 1 heterocycles. The third-order valence-corrected chi connectivity index (χ3v) is 4.24. The van der Waals surface area contributed by atoms with Crippen molar-refractivity contribution in [2.24, 2.45) is 5.73 Å². The molecule has 0 saturated carbocycles. The van der Waals surface area contributed by atoms with Crippen LogP contribution in [0.25, 0.3) is 0 Å². The lowest BCUT2D eigenvalue weighted by atomic mass is 10.0. The van der Waals surface area contributed by atoms with Gasteiger partial charge in [-0.05, 0) is 57.0 Å². The van der Waals surface area contributed by atoms with Crippen LogP contribution in [0, 0.1) is 0 Å². The number of piperidine rings is 1. The van der Waals surface area contributed by atoms with Gasteiger partial charge >= 0.3 is 0 Å². The van der Waals surface area contributed by atoms with Crippen LogP contribution in [0.5, 0.6) is 0 Å². The predicted molar refractivity (Wildman–Crippen MR) is 87.1 cm³/mol. The Balaban J connectivity index is 1.71. The molecule has 0 bridgehead atoms. The number of nitrogens with two attached hydrogens (primary N) is 1. The van der Waals surface area contributed by atoms with E-state index in [0.717, 1.165) is 24.2 Å². The van der Waals surface area contributed by atoms with Crippen molar-refractivity contribution in [2.75, 3.05) is 18.4 Å². The number of hydrogen-bond donors (Lipinski definition) is 2. The van der Waals surface area contributed by atoms with Crippen molar-refractivity contribution in [1.82, 2.24) is 4.90 Å². The number of nitrogens with zero attached hydrogens (tertiary/aromatic N) is 1. The second kappa shape index (κ2) is 8.15. The number of anilines is 1. The molecular formula is C17H27N3O. The number of nitrogens with one attached hydrogen (secondary N) is 1. The second-order valence-electron chi connectivity index (χ2n) is 5.94. The zero-order valence-corrected chi connectivity index (χ0v) is 13.0. The molecule has 1 unspecified atom stereocenters. The number of hydrogen-bond acceptors (Lipinski definition) is 3. The van der Waals surface area contributed by atoms with E-state index in [1.54, 1.807) is 0 Å². The third kappa shape index (κ3) is 5.14. The summed E-state index contributed by atoms with van der Waals surface area (Å²) in [5, 5.41) is 2.95. The van der Waals surface area contributed by atoms with E-state index in [9.17, 15) is 4.79 Å². The van der Waals surface area contributed by atoms with Crippen LogP contribution >= 0.6 is 0 Å². The summed E-state index contributed by atoms with van der Waals surface area (Å²) in [7, 11) is 0. The van der Waals surface area contributed by atoms with Gasteiger partial charge in [0.15, 0.2) is 0 Å². The topological polar surface area (TPSA) is 58.4 Å². The normalized spacial score (nSPS) is 19.4. The number of carbonyl (C=O) groups excluding carboxylic acids is 1. The van der Waals surface area contributed by atoms with Crippen molar-refractivity contribution < 1.29 is 4.79 Å². The molecule has 3 N–H and O–H groups in total. The Morgan fingerprint density at radius 3 is 3.05 bits per heavy atom. The fourth-order valence-corrected chi connectivity index (χ4v) is 2.93. The first kappa shape index (κ1) is 16.0. The van der Waals surface area contributed by atoms with Gasteiger partial charge in [0, 0.05) is 24.7 Å². The summed E-state index contributed by atoms with van der Waals surface area (Å²) in [5.74, 6) is 0.0915. The Hall–Kier alpha value is -1.39. The summed E-state index contributed by atoms with van der Waals surface area (Å²) >= 11 is 0. The van der Waals surface area contributed by atoms with Crippen LogP contribution in [0.1, 0.15) is 44.6 Å². The average Bonchev–Trinajstić information content (AvgIpc) is 2.49. The number of rotatable bonds is 6. The molecule has 1 aliphatic rings. The maximum atomic E-state index is 12.0. The third-order valence-electron chi connectivity index (χ3n) is 4.24. The Morgan fingerprint density at radius 2 is 2.29 bits per heavy atom. The molecule has 0 radical (unpaired) electrons. The number of likely N-dealkylation sites (tertiary alicyclic amines) is 1. The van der Waals surface area contributed by atoms with Crippen LogP contribution in [0.15, 0.2) is 24.3 Å². The highest BCUT2D eigenvalue weighted by Gasteiger charge is 2.17. The van der Waals surface area contributed by atoms with Gasteiger partial charge in [-0.15, -0.1) is 0 Å². The Kier molecular flexibility index (Phi) is 6.21. The molecule has 4 nitrogen and oxygen atoms in total. The van der Waals surface area contributed by atoms with Gasteiger partial charge in [-0.3, -0.25) is 4.79 Å². The van der Waals surface area contributed by atoms with E-state index in [1.807, 2.05) is 24.3 Å². The van der Waals surface area contributed by atoms with E-state index in [-0.39, 0.29) is 5.91 Å². The SMILES string of the molecule is CC1CCCCN1CCCC(=O)Nc1cccc(CN)c1. The van der Waals surface area contributed by atoms with E-state index >= 15 is 0 Å². The van der Waals surface area contributed by atoms with Crippen molar-refractivity contribution in [2.45, 2.75) is 51.6 Å². The average molecular weight is 289 g/mol. The highest BCUT2D eigenvalue weighted by molar-refractivity contribution is 5.90. The monoisotopic (exact) mass is 289 g/mol. The van der Waals surface area contributed by atoms with Crippen molar-refractivity contribution in [3.63, 3.8) is 0 Å². The van der Waals surface area contributed by atoms with Gasteiger partial charge in [0.05, 0.1) is 0 Å². The van der Waals surface area contributed by atoms with E-state index in [1.165, 1.54) is 25.8 Å². The Labute approximate surface area is 127 Å². The summed E-state index contributed by atoms with van der Waals surface area (Å²) < 4.78 is 0. The molecule has 1 aromatic carbocycles. The predicted octanol–water partition coefficient (Wildman–Crippen LogP) is 2.74. The van der Waals surface area contributed by atoms with Crippen molar-refractivity contribution in [3.05, 3.63) is 29.8 Å². The summed E-state index contributed by atoms with van der Waals surface area (Å²) in [5.41, 5.74) is 7.49. The molecule has 1 aliphatic heterocycles. The molecule has 21 heavy (non-hydrogen) atoms.